The highest BCUT2D eigenvalue weighted by Crippen LogP contribution is 2.30. The summed E-state index contributed by atoms with van der Waals surface area (Å²) < 4.78 is 6.85. The van der Waals surface area contributed by atoms with Gasteiger partial charge in [0.1, 0.15) is 18.3 Å². The molecule has 1 aliphatic rings. The molecule has 2 aromatic rings. The van der Waals surface area contributed by atoms with Gasteiger partial charge in [0.25, 0.3) is 5.56 Å². The van der Waals surface area contributed by atoms with Crippen molar-refractivity contribution in [3.8, 4) is 0 Å². The van der Waals surface area contributed by atoms with Gasteiger partial charge < -0.3 is 25.4 Å². The molecule has 0 radical (unpaired) electrons. The van der Waals surface area contributed by atoms with Crippen molar-refractivity contribution in [1.29, 1.82) is 0 Å². The van der Waals surface area contributed by atoms with Gasteiger partial charge in [0.15, 0.2) is 17.4 Å². The van der Waals surface area contributed by atoms with Crippen molar-refractivity contribution in [1.82, 2.24) is 19.5 Å². The van der Waals surface area contributed by atoms with Crippen molar-refractivity contribution in [3.05, 3.63) is 16.7 Å². The lowest BCUT2D eigenvalue weighted by molar-refractivity contribution is -0.0511. The van der Waals surface area contributed by atoms with Gasteiger partial charge in [-0.15, -0.1) is 0 Å². The van der Waals surface area contributed by atoms with E-state index in [1.165, 1.54) is 10.9 Å². The second-order valence-electron chi connectivity index (χ2n) is 6.24. The van der Waals surface area contributed by atoms with Gasteiger partial charge in [0.2, 0.25) is 5.95 Å². The van der Waals surface area contributed by atoms with E-state index in [4.69, 9.17) is 4.74 Å². The Kier molecular flexibility index (Phi) is 4.54. The third-order valence-corrected chi connectivity index (χ3v) is 3.90. The van der Waals surface area contributed by atoms with Crippen LogP contribution < -0.4 is 10.9 Å². The maximum atomic E-state index is 12.1. The molecule has 3 rings (SSSR count). The number of H-pyrrole nitrogens is 1. The number of anilines is 1. The van der Waals surface area contributed by atoms with Gasteiger partial charge >= 0.3 is 0 Å². The van der Waals surface area contributed by atoms with Gasteiger partial charge in [-0.05, 0) is 5.92 Å². The minimum atomic E-state index is -1.27. The normalized spacial score (nSPS) is 27.2. The summed E-state index contributed by atoms with van der Waals surface area (Å²) in [5.74, 6) is 0.644. The molecule has 0 spiro atoms. The van der Waals surface area contributed by atoms with E-state index in [2.05, 4.69) is 20.3 Å². The molecule has 1 fully saturated rings. The highest BCUT2D eigenvalue weighted by molar-refractivity contribution is 5.70. The number of aromatic nitrogens is 4. The number of nitrogens with one attached hydrogen (secondary N) is 2. The number of hydrogen-bond donors (Lipinski definition) is 5. The van der Waals surface area contributed by atoms with Crippen LogP contribution in [0.25, 0.3) is 11.2 Å². The van der Waals surface area contributed by atoms with Crippen molar-refractivity contribution >= 4 is 17.1 Å². The molecule has 3 heterocycles. The first-order valence-corrected chi connectivity index (χ1v) is 7.75. The van der Waals surface area contributed by atoms with Crippen molar-refractivity contribution in [2.75, 3.05) is 18.5 Å². The molecule has 2 unspecified atom stereocenters. The standard InChI is InChI=1S/C14H21N5O5/c1-6(2)3-15-14-17-11-8(12(23)18-14)16-5-19(11)13-10(22)9(21)7(4-20)24-13/h5-7,9-10,13,20-22H,3-4H2,1-2H3,(H2,15,17,18,23)/t7-,9?,10?,13-/m1/s1. The monoisotopic (exact) mass is 339 g/mol. The lowest BCUT2D eigenvalue weighted by Gasteiger charge is -2.16. The summed E-state index contributed by atoms with van der Waals surface area (Å²) in [7, 11) is 0. The molecule has 5 N–H and O–H groups in total. The van der Waals surface area contributed by atoms with E-state index in [0.717, 1.165) is 0 Å². The number of nitrogens with zero attached hydrogens (tertiary/aromatic N) is 3. The molecule has 1 saturated heterocycles. The van der Waals surface area contributed by atoms with Crippen molar-refractivity contribution < 1.29 is 20.1 Å². The Morgan fingerprint density at radius 3 is 2.79 bits per heavy atom. The van der Waals surface area contributed by atoms with Gasteiger partial charge in [0, 0.05) is 6.54 Å². The highest BCUT2D eigenvalue weighted by Gasteiger charge is 2.44. The van der Waals surface area contributed by atoms with E-state index in [1.807, 2.05) is 13.8 Å². The fourth-order valence-corrected chi connectivity index (χ4v) is 2.61. The lowest BCUT2D eigenvalue weighted by atomic mass is 10.1. The topological polar surface area (TPSA) is 146 Å². The molecule has 0 amide bonds. The molecule has 0 aromatic carbocycles. The third kappa shape index (κ3) is 2.88. The summed E-state index contributed by atoms with van der Waals surface area (Å²) in [5.41, 5.74) is -0.0977. The number of imidazole rings is 1. The number of ether oxygens (including phenoxy) is 1. The lowest BCUT2D eigenvalue weighted by Crippen LogP contribution is -2.33. The molecular weight excluding hydrogens is 318 g/mol. The van der Waals surface area contributed by atoms with Crippen LogP contribution in [0.2, 0.25) is 0 Å². The molecule has 0 bridgehead atoms. The first-order valence-electron chi connectivity index (χ1n) is 7.75. The molecule has 0 saturated carbocycles. The molecule has 10 nitrogen and oxygen atoms in total. The fourth-order valence-electron chi connectivity index (χ4n) is 2.61. The number of aliphatic hydroxyl groups excluding tert-OH is 3. The smallest absolute Gasteiger partial charge is 0.280 e. The van der Waals surface area contributed by atoms with Gasteiger partial charge in [-0.1, -0.05) is 13.8 Å². The zero-order chi connectivity index (χ0) is 17.4. The summed E-state index contributed by atoms with van der Waals surface area (Å²) >= 11 is 0. The summed E-state index contributed by atoms with van der Waals surface area (Å²) in [4.78, 5) is 23.1. The first-order chi connectivity index (χ1) is 11.4. The molecule has 1 aliphatic heterocycles. The Hall–Kier alpha value is -2.01. The maximum Gasteiger partial charge on any atom is 0.280 e. The molecular formula is C14H21N5O5. The van der Waals surface area contributed by atoms with E-state index < -0.39 is 36.7 Å². The third-order valence-electron chi connectivity index (χ3n) is 3.90. The Morgan fingerprint density at radius 2 is 2.17 bits per heavy atom. The Bertz CT molecular complexity index is 772. The van der Waals surface area contributed by atoms with Crippen molar-refractivity contribution in [2.24, 2.45) is 5.92 Å². The van der Waals surface area contributed by atoms with Gasteiger partial charge in [-0.2, -0.15) is 4.98 Å². The summed E-state index contributed by atoms with van der Waals surface area (Å²) in [6.07, 6.45) is -3.09. The average molecular weight is 339 g/mol. The number of fused-ring (bicyclic) bond motifs is 1. The summed E-state index contributed by atoms with van der Waals surface area (Å²) in [5, 5.41) is 32.2. The Morgan fingerprint density at radius 1 is 1.42 bits per heavy atom. The van der Waals surface area contributed by atoms with Crippen LogP contribution in [-0.4, -0.2) is 66.3 Å². The number of hydrogen-bond acceptors (Lipinski definition) is 8. The number of aliphatic hydroxyl groups is 3. The molecule has 2 aromatic heterocycles. The average Bonchev–Trinajstić information content (AvgIpc) is 3.08. The minimum absolute atomic E-state index is 0.0998. The number of aromatic amines is 1. The zero-order valence-electron chi connectivity index (χ0n) is 13.4. The first kappa shape index (κ1) is 16.8. The van der Waals surface area contributed by atoms with Crippen LogP contribution in [0, 0.1) is 5.92 Å². The fraction of sp³-hybridized carbons (Fsp3) is 0.643. The van der Waals surface area contributed by atoms with Gasteiger partial charge in [-0.25, -0.2) is 4.98 Å². The van der Waals surface area contributed by atoms with E-state index in [1.54, 1.807) is 0 Å². The number of rotatable bonds is 5. The van der Waals surface area contributed by atoms with Crippen LogP contribution in [0.15, 0.2) is 11.1 Å². The minimum Gasteiger partial charge on any atom is -0.394 e. The molecule has 24 heavy (non-hydrogen) atoms. The summed E-state index contributed by atoms with van der Waals surface area (Å²) in [6, 6.07) is 0. The van der Waals surface area contributed by atoms with Crippen LogP contribution in [0.5, 0.6) is 0 Å². The van der Waals surface area contributed by atoms with E-state index in [9.17, 15) is 20.1 Å². The van der Waals surface area contributed by atoms with E-state index >= 15 is 0 Å². The molecule has 10 heteroatoms. The van der Waals surface area contributed by atoms with Crippen molar-refractivity contribution in [2.45, 2.75) is 38.4 Å². The second kappa shape index (κ2) is 6.48. The maximum absolute atomic E-state index is 12.1. The molecule has 0 aliphatic carbocycles. The largest absolute Gasteiger partial charge is 0.394 e. The van der Waals surface area contributed by atoms with Crippen LogP contribution >= 0.6 is 0 Å². The van der Waals surface area contributed by atoms with E-state index in [-0.39, 0.29) is 17.1 Å². The van der Waals surface area contributed by atoms with Crippen LogP contribution in [-0.2, 0) is 4.74 Å². The highest BCUT2D eigenvalue weighted by atomic mass is 16.6. The SMILES string of the molecule is CC(C)CNc1nc2c(ncn2[C@@H]2O[C@H](CO)C(O)C2O)c(=O)[nH]1. The molecule has 4 atom stereocenters. The Balaban J connectivity index is 1.98. The van der Waals surface area contributed by atoms with Crippen LogP contribution in [0.1, 0.15) is 20.1 Å². The Labute approximate surface area is 137 Å². The van der Waals surface area contributed by atoms with Gasteiger partial charge in [0.05, 0.1) is 12.9 Å². The molecule has 132 valence electrons. The van der Waals surface area contributed by atoms with Gasteiger partial charge in [-0.3, -0.25) is 14.3 Å². The summed E-state index contributed by atoms with van der Waals surface area (Å²) in [6.45, 7) is 4.23. The second-order valence-corrected chi connectivity index (χ2v) is 6.24. The van der Waals surface area contributed by atoms with Crippen LogP contribution in [0.4, 0.5) is 5.95 Å². The van der Waals surface area contributed by atoms with Crippen LogP contribution in [0.3, 0.4) is 0 Å². The zero-order valence-corrected chi connectivity index (χ0v) is 13.4. The predicted octanol–water partition coefficient (Wildman–Crippen LogP) is -1.20. The predicted molar refractivity (Wildman–Crippen MR) is 84.5 cm³/mol. The quantitative estimate of drug-likeness (QED) is 0.456. The van der Waals surface area contributed by atoms with Crippen molar-refractivity contribution in [3.63, 3.8) is 0 Å². The van der Waals surface area contributed by atoms with E-state index in [0.29, 0.717) is 12.5 Å².